The van der Waals surface area contributed by atoms with Gasteiger partial charge < -0.3 is 4.74 Å². The van der Waals surface area contributed by atoms with Crippen molar-refractivity contribution in [3.63, 3.8) is 0 Å². The summed E-state index contributed by atoms with van der Waals surface area (Å²) in [7, 11) is 1.43. The van der Waals surface area contributed by atoms with Crippen molar-refractivity contribution < 1.29 is 9.53 Å². The van der Waals surface area contributed by atoms with Crippen molar-refractivity contribution in [1.82, 2.24) is 5.32 Å². The van der Waals surface area contributed by atoms with Gasteiger partial charge in [-0.15, -0.1) is 0 Å². The van der Waals surface area contributed by atoms with Crippen LogP contribution in [0.2, 0.25) is 0 Å². The van der Waals surface area contributed by atoms with E-state index in [9.17, 15) is 4.79 Å². The quantitative estimate of drug-likeness (QED) is 0.626. The van der Waals surface area contributed by atoms with E-state index in [1.165, 1.54) is 7.05 Å². The molecule has 1 radical (unpaired) electrons. The maximum atomic E-state index is 10.5. The Morgan fingerprint density at radius 1 is 1.45 bits per heavy atom. The Morgan fingerprint density at radius 2 is 2.00 bits per heavy atom. The monoisotopic (exact) mass is 158 g/mol. The molecular formula is C8H16NO2. The fourth-order valence-electron chi connectivity index (χ4n) is 0.460. The maximum absolute atomic E-state index is 10.5. The Kier molecular flexibility index (Phi) is 4.66. The number of carbonyl (C=O) groups excluding carboxylic acids is 1. The first-order chi connectivity index (χ1) is 5.07. The number of ether oxygens (including phenoxy) is 1. The molecule has 0 aliphatic heterocycles. The molecule has 0 bridgehead atoms. The molecule has 0 saturated carbocycles. The molecule has 0 aliphatic carbocycles. The van der Waals surface area contributed by atoms with Crippen molar-refractivity contribution in [2.75, 3.05) is 13.7 Å². The Labute approximate surface area is 68.1 Å². The molecular weight excluding hydrogens is 142 g/mol. The van der Waals surface area contributed by atoms with Gasteiger partial charge in [0.25, 0.3) is 0 Å². The third kappa shape index (κ3) is 4.65. The molecule has 0 fully saturated rings. The highest BCUT2D eigenvalue weighted by molar-refractivity contribution is 5.66. The Balaban J connectivity index is 3.45. The molecule has 65 valence electrons. The van der Waals surface area contributed by atoms with E-state index in [-0.39, 0.29) is 0 Å². The van der Waals surface area contributed by atoms with Gasteiger partial charge >= 0.3 is 6.09 Å². The molecule has 0 aromatic carbocycles. The number of rotatable bonds is 3. The van der Waals surface area contributed by atoms with Crippen LogP contribution >= 0.6 is 0 Å². The molecule has 3 nitrogen and oxygen atoms in total. The molecule has 0 N–H and O–H groups in total. The molecule has 1 unspecified atom stereocenters. The SMILES string of the molecule is C[N]C(=O)OCC(C)C(C)C. The lowest BCUT2D eigenvalue weighted by molar-refractivity contribution is 0.121. The minimum absolute atomic E-state index is 0.403. The zero-order chi connectivity index (χ0) is 8.85. The first kappa shape index (κ1) is 10.3. The molecule has 1 amide bonds. The summed E-state index contributed by atoms with van der Waals surface area (Å²) in [6.45, 7) is 6.71. The average Bonchev–Trinajstić information content (AvgIpc) is 1.99. The van der Waals surface area contributed by atoms with Crippen LogP contribution in [0.25, 0.3) is 0 Å². The van der Waals surface area contributed by atoms with Crippen LogP contribution in [0.4, 0.5) is 4.79 Å². The minimum Gasteiger partial charge on any atom is -0.448 e. The summed E-state index contributed by atoms with van der Waals surface area (Å²) in [5, 5.41) is 3.36. The molecule has 3 heteroatoms. The van der Waals surface area contributed by atoms with E-state index in [1.54, 1.807) is 0 Å². The van der Waals surface area contributed by atoms with Crippen LogP contribution in [-0.4, -0.2) is 19.7 Å². The van der Waals surface area contributed by atoms with Crippen LogP contribution in [-0.2, 0) is 4.74 Å². The molecule has 0 saturated heterocycles. The molecule has 11 heavy (non-hydrogen) atoms. The molecule has 0 aromatic heterocycles. The smallest absolute Gasteiger partial charge is 0.428 e. The highest BCUT2D eigenvalue weighted by atomic mass is 16.5. The second-order valence-electron chi connectivity index (χ2n) is 3.02. The van der Waals surface area contributed by atoms with Gasteiger partial charge in [0.05, 0.1) is 6.61 Å². The fraction of sp³-hybridized carbons (Fsp3) is 0.875. The van der Waals surface area contributed by atoms with Gasteiger partial charge in [-0.05, 0) is 11.8 Å². The lowest BCUT2D eigenvalue weighted by atomic mass is 10.00. The summed E-state index contributed by atoms with van der Waals surface area (Å²) < 4.78 is 4.81. The highest BCUT2D eigenvalue weighted by Gasteiger charge is 2.09. The van der Waals surface area contributed by atoms with Crippen LogP contribution in [0.1, 0.15) is 20.8 Å². The number of hydrogen-bond acceptors (Lipinski definition) is 2. The van der Waals surface area contributed by atoms with Crippen molar-refractivity contribution in [1.29, 1.82) is 0 Å². The average molecular weight is 158 g/mol. The summed E-state index contributed by atoms with van der Waals surface area (Å²) >= 11 is 0. The van der Waals surface area contributed by atoms with Gasteiger partial charge in [0, 0.05) is 7.05 Å². The van der Waals surface area contributed by atoms with Gasteiger partial charge in [0.15, 0.2) is 0 Å². The van der Waals surface area contributed by atoms with E-state index in [0.717, 1.165) is 0 Å². The highest BCUT2D eigenvalue weighted by Crippen LogP contribution is 2.09. The Bertz CT molecular complexity index is 123. The van der Waals surface area contributed by atoms with Gasteiger partial charge in [0.1, 0.15) is 0 Å². The van der Waals surface area contributed by atoms with E-state index in [2.05, 4.69) is 19.2 Å². The van der Waals surface area contributed by atoms with Gasteiger partial charge in [-0.2, -0.15) is 0 Å². The molecule has 0 heterocycles. The number of amides is 1. The van der Waals surface area contributed by atoms with Gasteiger partial charge in [-0.3, -0.25) is 0 Å². The fourth-order valence-corrected chi connectivity index (χ4v) is 0.460. The van der Waals surface area contributed by atoms with Crippen LogP contribution in [0.15, 0.2) is 0 Å². The second-order valence-corrected chi connectivity index (χ2v) is 3.02. The molecule has 0 aromatic rings. The van der Waals surface area contributed by atoms with Crippen molar-refractivity contribution >= 4 is 6.09 Å². The van der Waals surface area contributed by atoms with Gasteiger partial charge in [-0.1, -0.05) is 20.8 Å². The minimum atomic E-state index is -0.475. The summed E-state index contributed by atoms with van der Waals surface area (Å²) in [4.78, 5) is 10.5. The zero-order valence-corrected chi connectivity index (χ0v) is 7.63. The maximum Gasteiger partial charge on any atom is 0.428 e. The Hall–Kier alpha value is -0.730. The van der Waals surface area contributed by atoms with Gasteiger partial charge in [0.2, 0.25) is 0 Å². The summed E-state index contributed by atoms with van der Waals surface area (Å²) in [6, 6.07) is 0. The number of nitrogens with zero attached hydrogens (tertiary/aromatic N) is 1. The molecule has 0 spiro atoms. The van der Waals surface area contributed by atoms with Crippen LogP contribution in [0, 0.1) is 11.8 Å². The number of hydrogen-bond donors (Lipinski definition) is 0. The topological polar surface area (TPSA) is 40.4 Å². The molecule has 0 aliphatic rings. The van der Waals surface area contributed by atoms with Crippen LogP contribution in [0.3, 0.4) is 0 Å². The van der Waals surface area contributed by atoms with E-state index in [0.29, 0.717) is 18.4 Å². The Morgan fingerprint density at radius 3 is 2.36 bits per heavy atom. The number of carbonyl (C=O) groups is 1. The summed E-state index contributed by atoms with van der Waals surface area (Å²) in [6.07, 6.45) is -0.475. The van der Waals surface area contributed by atoms with E-state index >= 15 is 0 Å². The zero-order valence-electron chi connectivity index (χ0n) is 7.63. The largest absolute Gasteiger partial charge is 0.448 e. The lowest BCUT2D eigenvalue weighted by Gasteiger charge is -2.14. The summed E-state index contributed by atoms with van der Waals surface area (Å²) in [5.74, 6) is 0.945. The predicted molar refractivity (Wildman–Crippen MR) is 43.4 cm³/mol. The van der Waals surface area contributed by atoms with E-state index in [4.69, 9.17) is 4.74 Å². The molecule has 0 rings (SSSR count). The van der Waals surface area contributed by atoms with Crippen molar-refractivity contribution in [2.24, 2.45) is 11.8 Å². The third-order valence-corrected chi connectivity index (χ3v) is 1.79. The van der Waals surface area contributed by atoms with Crippen LogP contribution in [0.5, 0.6) is 0 Å². The first-order valence-electron chi connectivity index (χ1n) is 3.84. The predicted octanol–water partition coefficient (Wildman–Crippen LogP) is 1.65. The first-order valence-corrected chi connectivity index (χ1v) is 3.84. The van der Waals surface area contributed by atoms with Crippen molar-refractivity contribution in [3.05, 3.63) is 0 Å². The van der Waals surface area contributed by atoms with Crippen molar-refractivity contribution in [2.45, 2.75) is 20.8 Å². The van der Waals surface area contributed by atoms with E-state index in [1.807, 2.05) is 6.92 Å². The standard InChI is InChI=1S/C8H16NO2/c1-6(2)7(3)5-11-8(10)9-4/h6-7H,5H2,1-4H3. The van der Waals surface area contributed by atoms with E-state index < -0.39 is 6.09 Å². The normalized spacial score (nSPS) is 12.8. The van der Waals surface area contributed by atoms with Gasteiger partial charge in [-0.25, -0.2) is 10.1 Å². The van der Waals surface area contributed by atoms with Crippen molar-refractivity contribution in [3.8, 4) is 0 Å². The summed E-state index contributed by atoms with van der Waals surface area (Å²) in [5.41, 5.74) is 0. The second kappa shape index (κ2) is 4.99. The lowest BCUT2D eigenvalue weighted by Crippen LogP contribution is -2.19. The molecule has 1 atom stereocenters. The third-order valence-electron chi connectivity index (χ3n) is 1.79. The van der Waals surface area contributed by atoms with Crippen LogP contribution < -0.4 is 5.32 Å².